The second-order valence-electron chi connectivity index (χ2n) is 3.88. The molecule has 0 amide bonds. The van der Waals surface area contributed by atoms with E-state index in [0.717, 1.165) is 19.3 Å². The first kappa shape index (κ1) is 14.7. The molecule has 0 aliphatic rings. The van der Waals surface area contributed by atoms with Gasteiger partial charge in [0.25, 0.3) is 0 Å². The molecule has 100 valence electrons. The lowest BCUT2D eigenvalue weighted by molar-refractivity contribution is -0.390. The van der Waals surface area contributed by atoms with Crippen LogP contribution in [0.5, 0.6) is 0 Å². The lowest BCUT2D eigenvalue weighted by atomic mass is 10.2. The fourth-order valence-corrected chi connectivity index (χ4v) is 1.41. The fraction of sp³-hybridized carbons (Fsp3) is 0.462. The van der Waals surface area contributed by atoms with E-state index in [1.54, 1.807) is 7.05 Å². The Morgan fingerprint density at radius 3 is 2.89 bits per heavy atom. The maximum absolute atomic E-state index is 10.7. The molecule has 0 aliphatic heterocycles. The minimum atomic E-state index is -0.563. The van der Waals surface area contributed by atoms with E-state index >= 15 is 0 Å². The van der Waals surface area contributed by atoms with Crippen molar-refractivity contribution in [2.24, 2.45) is 7.05 Å². The van der Waals surface area contributed by atoms with Gasteiger partial charge in [-0.3, -0.25) is 0 Å². The average Bonchev–Trinajstić information content (AvgIpc) is 2.74. The van der Waals surface area contributed by atoms with Gasteiger partial charge in [-0.25, -0.2) is 0 Å². The summed E-state index contributed by atoms with van der Waals surface area (Å²) in [4.78, 5) is 10.1. The minimum Gasteiger partial charge on any atom is -0.396 e. The predicted octanol–water partition coefficient (Wildman–Crippen LogP) is 1.24. The highest BCUT2D eigenvalue weighted by atomic mass is 16.6. The van der Waals surface area contributed by atoms with Crippen molar-refractivity contribution in [2.75, 3.05) is 6.61 Å². The van der Waals surface area contributed by atoms with E-state index in [0.29, 0.717) is 6.42 Å². The third kappa shape index (κ3) is 5.24. The van der Waals surface area contributed by atoms with E-state index < -0.39 is 4.92 Å². The van der Waals surface area contributed by atoms with Gasteiger partial charge in [0.05, 0.1) is 18.3 Å². The van der Waals surface area contributed by atoms with Crippen LogP contribution in [0.25, 0.3) is 0 Å². The number of hydrogen-bond acceptors (Lipinski definition) is 4. The van der Waals surface area contributed by atoms with E-state index in [1.165, 1.54) is 10.9 Å². The van der Waals surface area contributed by atoms with Crippen molar-refractivity contribution >= 4 is 5.82 Å². The second-order valence-corrected chi connectivity index (χ2v) is 3.88. The zero-order chi connectivity index (χ0) is 14.1. The summed E-state index contributed by atoms with van der Waals surface area (Å²) in [6.07, 6.45) is 4.85. The van der Waals surface area contributed by atoms with Crippen LogP contribution in [0.2, 0.25) is 0 Å². The Morgan fingerprint density at radius 2 is 2.21 bits per heavy atom. The van der Waals surface area contributed by atoms with Crippen LogP contribution in [0.4, 0.5) is 5.82 Å². The van der Waals surface area contributed by atoms with Crippen LogP contribution >= 0.6 is 0 Å². The summed E-state index contributed by atoms with van der Waals surface area (Å²) in [6, 6.07) is 0. The number of nitro groups is 1. The molecule has 1 N–H and O–H groups in total. The van der Waals surface area contributed by atoms with Crippen LogP contribution in [-0.2, 0) is 7.05 Å². The molecule has 6 heteroatoms. The van der Waals surface area contributed by atoms with Gasteiger partial charge in [-0.05, 0) is 35.5 Å². The van der Waals surface area contributed by atoms with E-state index in [4.69, 9.17) is 5.11 Å². The van der Waals surface area contributed by atoms with Crippen LogP contribution in [0.15, 0.2) is 6.20 Å². The molecule has 0 spiro atoms. The van der Waals surface area contributed by atoms with Crippen molar-refractivity contribution < 1.29 is 10.0 Å². The van der Waals surface area contributed by atoms with Crippen molar-refractivity contribution in [3.8, 4) is 23.7 Å². The Morgan fingerprint density at radius 1 is 1.42 bits per heavy atom. The van der Waals surface area contributed by atoms with Crippen LogP contribution in [0.1, 0.15) is 31.2 Å². The summed E-state index contributed by atoms with van der Waals surface area (Å²) < 4.78 is 1.35. The Bertz CT molecular complexity index is 555. The highest BCUT2D eigenvalue weighted by Crippen LogP contribution is 2.12. The highest BCUT2D eigenvalue weighted by molar-refractivity contribution is 5.47. The largest absolute Gasteiger partial charge is 0.405 e. The molecule has 0 unspecified atom stereocenters. The molecule has 0 bridgehead atoms. The van der Waals surface area contributed by atoms with Gasteiger partial charge >= 0.3 is 5.82 Å². The topological polar surface area (TPSA) is 81.2 Å². The number of nitrogens with zero attached hydrogens (tertiary/aromatic N) is 3. The Hall–Kier alpha value is -2.31. The number of hydrogen-bond donors (Lipinski definition) is 1. The maximum Gasteiger partial charge on any atom is 0.405 e. The van der Waals surface area contributed by atoms with E-state index in [-0.39, 0.29) is 18.0 Å². The summed E-state index contributed by atoms with van der Waals surface area (Å²) in [5, 5.41) is 23.0. The van der Waals surface area contributed by atoms with Gasteiger partial charge in [0.2, 0.25) is 0 Å². The SMILES string of the molecule is Cn1cc(C#CC#CCCCCCO)c([N+](=O)[O-])n1. The van der Waals surface area contributed by atoms with Gasteiger partial charge in [0.15, 0.2) is 0 Å². The fourth-order valence-electron chi connectivity index (χ4n) is 1.41. The number of aliphatic hydroxyl groups is 1. The second kappa shape index (κ2) is 7.91. The lowest BCUT2D eigenvalue weighted by Crippen LogP contribution is -1.92. The first-order chi connectivity index (χ1) is 9.15. The molecule has 1 heterocycles. The number of rotatable bonds is 5. The van der Waals surface area contributed by atoms with Crippen LogP contribution < -0.4 is 0 Å². The van der Waals surface area contributed by atoms with Crippen molar-refractivity contribution in [3.63, 3.8) is 0 Å². The third-order valence-electron chi connectivity index (χ3n) is 2.29. The molecule has 1 rings (SSSR count). The Kier molecular flexibility index (Phi) is 6.14. The van der Waals surface area contributed by atoms with Gasteiger partial charge in [0, 0.05) is 13.0 Å². The van der Waals surface area contributed by atoms with Crippen molar-refractivity contribution in [2.45, 2.75) is 25.7 Å². The van der Waals surface area contributed by atoms with Gasteiger partial charge < -0.3 is 15.2 Å². The zero-order valence-corrected chi connectivity index (χ0v) is 10.7. The number of aryl methyl sites for hydroxylation is 1. The summed E-state index contributed by atoms with van der Waals surface area (Å²) in [5.41, 5.74) is 0.266. The molecular weight excluding hydrogens is 246 g/mol. The molecule has 0 aromatic carbocycles. The summed E-state index contributed by atoms with van der Waals surface area (Å²) in [7, 11) is 1.60. The lowest BCUT2D eigenvalue weighted by Gasteiger charge is -1.90. The molecular formula is C13H15N3O3. The molecule has 1 aromatic rings. The highest BCUT2D eigenvalue weighted by Gasteiger charge is 2.17. The quantitative estimate of drug-likeness (QED) is 0.374. The molecule has 6 nitrogen and oxygen atoms in total. The van der Waals surface area contributed by atoms with Crippen LogP contribution in [-0.4, -0.2) is 26.4 Å². The van der Waals surface area contributed by atoms with Crippen molar-refractivity contribution in [3.05, 3.63) is 21.9 Å². The third-order valence-corrected chi connectivity index (χ3v) is 2.29. The molecule has 0 fully saturated rings. The molecule has 19 heavy (non-hydrogen) atoms. The zero-order valence-electron chi connectivity index (χ0n) is 10.7. The monoisotopic (exact) mass is 261 g/mol. The van der Waals surface area contributed by atoms with Gasteiger partial charge in [-0.1, -0.05) is 12.3 Å². The molecule has 0 saturated heterocycles. The van der Waals surface area contributed by atoms with E-state index in [9.17, 15) is 10.1 Å². The summed E-state index contributed by atoms with van der Waals surface area (Å²) in [5.74, 6) is 10.5. The van der Waals surface area contributed by atoms with E-state index in [1.807, 2.05) is 0 Å². The predicted molar refractivity (Wildman–Crippen MR) is 70.1 cm³/mol. The standard InChI is InChI=1S/C13H15N3O3/c1-15-11-12(13(14-15)16(18)19)9-7-5-3-2-4-6-8-10-17/h11,17H,2,4,6,8,10H2,1H3. The minimum absolute atomic E-state index is 0.206. The van der Waals surface area contributed by atoms with Gasteiger partial charge in [0.1, 0.15) is 5.56 Å². The maximum atomic E-state index is 10.7. The molecule has 1 aromatic heterocycles. The number of unbranched alkanes of at least 4 members (excludes halogenated alkanes) is 3. The molecule has 0 aliphatic carbocycles. The van der Waals surface area contributed by atoms with Gasteiger partial charge in [-0.2, -0.15) is 4.68 Å². The summed E-state index contributed by atoms with van der Waals surface area (Å²) in [6.45, 7) is 0.206. The van der Waals surface area contributed by atoms with E-state index in [2.05, 4.69) is 28.8 Å². The number of aliphatic hydroxyl groups excluding tert-OH is 1. The summed E-state index contributed by atoms with van der Waals surface area (Å²) >= 11 is 0. The Balaban J connectivity index is 2.54. The molecule has 0 saturated carbocycles. The molecule has 0 atom stereocenters. The van der Waals surface area contributed by atoms with Crippen molar-refractivity contribution in [1.82, 2.24) is 9.78 Å². The average molecular weight is 261 g/mol. The molecule has 0 radical (unpaired) electrons. The van der Waals surface area contributed by atoms with Gasteiger partial charge in [-0.15, -0.1) is 0 Å². The van der Waals surface area contributed by atoms with Crippen molar-refractivity contribution in [1.29, 1.82) is 0 Å². The first-order valence-corrected chi connectivity index (χ1v) is 5.93. The number of aromatic nitrogens is 2. The smallest absolute Gasteiger partial charge is 0.396 e. The van der Waals surface area contributed by atoms with Crippen LogP contribution in [0.3, 0.4) is 0 Å². The van der Waals surface area contributed by atoms with Crippen LogP contribution in [0, 0.1) is 33.8 Å². The Labute approximate surface area is 111 Å². The first-order valence-electron chi connectivity index (χ1n) is 5.93. The normalized spacial score (nSPS) is 9.16.